The summed E-state index contributed by atoms with van der Waals surface area (Å²) in [6.45, 7) is 3.96. The molecule has 0 aliphatic carbocycles. The van der Waals surface area contributed by atoms with Crippen molar-refractivity contribution in [2.24, 2.45) is 0 Å². The van der Waals surface area contributed by atoms with Crippen molar-refractivity contribution < 1.29 is 9.53 Å². The molecule has 0 aliphatic heterocycles. The van der Waals surface area contributed by atoms with Crippen LogP contribution in [0.5, 0.6) is 5.75 Å². The molecule has 2 aromatic rings. The summed E-state index contributed by atoms with van der Waals surface area (Å²) in [5.74, 6) is 0.611. The third-order valence-corrected chi connectivity index (χ3v) is 3.37. The summed E-state index contributed by atoms with van der Waals surface area (Å²) < 4.78 is 5.58. The van der Waals surface area contributed by atoms with Gasteiger partial charge in [0, 0.05) is 5.56 Å². The molecule has 3 heteroatoms. The molecular weight excluding hydrogens is 248 g/mol. The maximum absolute atomic E-state index is 11.6. The zero-order valence-electron chi connectivity index (χ0n) is 10.4. The Morgan fingerprint density at radius 1 is 1.28 bits per heavy atom. The lowest BCUT2D eigenvalue weighted by atomic mass is 9.99. The van der Waals surface area contributed by atoms with Crippen molar-refractivity contribution >= 4 is 28.2 Å². The van der Waals surface area contributed by atoms with Crippen molar-refractivity contribution in [1.29, 1.82) is 0 Å². The monoisotopic (exact) mass is 262 g/mol. The van der Waals surface area contributed by atoms with E-state index in [1.807, 2.05) is 43.3 Å². The maximum atomic E-state index is 11.6. The molecule has 0 spiro atoms. The van der Waals surface area contributed by atoms with E-state index >= 15 is 0 Å². The topological polar surface area (TPSA) is 26.3 Å². The van der Waals surface area contributed by atoms with Gasteiger partial charge in [-0.3, -0.25) is 4.79 Å². The maximum Gasteiger partial charge on any atom is 0.152 e. The first-order chi connectivity index (χ1) is 8.65. The largest absolute Gasteiger partial charge is 0.494 e. The number of alkyl halides is 1. The van der Waals surface area contributed by atoms with Gasteiger partial charge in [-0.2, -0.15) is 0 Å². The zero-order chi connectivity index (χ0) is 13.1. The first-order valence-corrected chi connectivity index (χ1v) is 6.37. The molecule has 2 nitrogen and oxygen atoms in total. The second-order valence-corrected chi connectivity index (χ2v) is 4.54. The van der Waals surface area contributed by atoms with E-state index in [0.29, 0.717) is 12.4 Å². The molecule has 94 valence electrons. The summed E-state index contributed by atoms with van der Waals surface area (Å²) >= 11 is 6.23. The highest BCUT2D eigenvalue weighted by molar-refractivity contribution is 6.32. The van der Waals surface area contributed by atoms with Crippen LogP contribution in [0.25, 0.3) is 10.8 Å². The highest BCUT2D eigenvalue weighted by Crippen LogP contribution is 2.36. The minimum absolute atomic E-state index is 0.0750. The Morgan fingerprint density at radius 3 is 2.67 bits per heavy atom. The Balaban J connectivity index is 2.69. The second-order valence-electron chi connectivity index (χ2n) is 4.10. The van der Waals surface area contributed by atoms with E-state index in [1.165, 1.54) is 6.92 Å². The van der Waals surface area contributed by atoms with E-state index in [1.54, 1.807) is 0 Å². The third-order valence-electron chi connectivity index (χ3n) is 2.84. The molecule has 2 aromatic carbocycles. The van der Waals surface area contributed by atoms with Crippen LogP contribution < -0.4 is 4.74 Å². The zero-order valence-corrected chi connectivity index (χ0v) is 11.2. The van der Waals surface area contributed by atoms with Crippen molar-refractivity contribution in [3.63, 3.8) is 0 Å². The Morgan fingerprint density at radius 2 is 2.00 bits per heavy atom. The fourth-order valence-electron chi connectivity index (χ4n) is 2.02. The number of Topliss-reactive ketones (excluding diaryl/α,β-unsaturated/α-hetero) is 1. The smallest absolute Gasteiger partial charge is 0.152 e. The fraction of sp³-hybridized carbons (Fsp3) is 0.267. The van der Waals surface area contributed by atoms with Crippen molar-refractivity contribution in [2.45, 2.75) is 19.2 Å². The number of fused-ring (bicyclic) bond motifs is 1. The Labute approximate surface area is 112 Å². The molecule has 0 fully saturated rings. The van der Waals surface area contributed by atoms with E-state index in [9.17, 15) is 4.79 Å². The summed E-state index contributed by atoms with van der Waals surface area (Å²) in [6, 6.07) is 11.7. The number of ketones is 1. The minimum atomic E-state index is -0.669. The van der Waals surface area contributed by atoms with Crippen LogP contribution in [0.1, 0.15) is 24.8 Å². The van der Waals surface area contributed by atoms with Crippen molar-refractivity contribution in [1.82, 2.24) is 0 Å². The quantitative estimate of drug-likeness (QED) is 0.775. The molecule has 0 heterocycles. The van der Waals surface area contributed by atoms with Gasteiger partial charge in [0.25, 0.3) is 0 Å². The molecule has 2 rings (SSSR count). The number of carbonyl (C=O) groups is 1. The molecule has 0 N–H and O–H groups in total. The Bertz CT molecular complexity index is 578. The van der Waals surface area contributed by atoms with E-state index in [-0.39, 0.29) is 5.78 Å². The van der Waals surface area contributed by atoms with E-state index in [0.717, 1.165) is 16.3 Å². The number of ether oxygens (including phenoxy) is 1. The number of hydrogen-bond donors (Lipinski definition) is 0. The second kappa shape index (κ2) is 5.40. The number of rotatable bonds is 4. The van der Waals surface area contributed by atoms with Crippen molar-refractivity contribution in [3.8, 4) is 5.75 Å². The van der Waals surface area contributed by atoms with Crippen LogP contribution in [0, 0.1) is 0 Å². The number of benzene rings is 2. The van der Waals surface area contributed by atoms with Gasteiger partial charge in [0.15, 0.2) is 5.78 Å². The first kappa shape index (κ1) is 12.9. The molecule has 0 saturated carbocycles. The number of hydrogen-bond acceptors (Lipinski definition) is 2. The minimum Gasteiger partial charge on any atom is -0.494 e. The van der Waals surface area contributed by atoms with Crippen LogP contribution in [0.15, 0.2) is 36.4 Å². The lowest BCUT2D eigenvalue weighted by Crippen LogP contribution is -2.06. The third kappa shape index (κ3) is 2.34. The van der Waals surface area contributed by atoms with E-state index in [4.69, 9.17) is 16.3 Å². The normalized spacial score (nSPS) is 12.4. The standard InChI is InChI=1S/C15H15ClO2/c1-3-18-13-9-8-11-6-4-5-7-12(11)14(13)15(16)10(2)17/h4-9,15H,3H2,1-2H3. The molecular formula is C15H15ClO2. The van der Waals surface area contributed by atoms with Gasteiger partial charge in [0.05, 0.1) is 6.61 Å². The van der Waals surface area contributed by atoms with Crippen LogP contribution in [-0.4, -0.2) is 12.4 Å². The Hall–Kier alpha value is -1.54. The lowest BCUT2D eigenvalue weighted by molar-refractivity contribution is -0.116. The summed E-state index contributed by atoms with van der Waals surface area (Å²) in [7, 11) is 0. The van der Waals surface area contributed by atoms with Crippen LogP contribution in [0.4, 0.5) is 0 Å². The predicted octanol–water partition coefficient (Wildman–Crippen LogP) is 4.11. The molecule has 0 radical (unpaired) electrons. The molecule has 0 aliphatic rings. The van der Waals surface area contributed by atoms with Gasteiger partial charge in [-0.15, -0.1) is 11.6 Å². The van der Waals surface area contributed by atoms with Gasteiger partial charge in [-0.05, 0) is 30.7 Å². The molecule has 0 bridgehead atoms. The summed E-state index contributed by atoms with van der Waals surface area (Å²) in [4.78, 5) is 11.6. The van der Waals surface area contributed by atoms with Gasteiger partial charge in [-0.25, -0.2) is 0 Å². The summed E-state index contributed by atoms with van der Waals surface area (Å²) in [6.07, 6.45) is 0. The average Bonchev–Trinajstić information content (AvgIpc) is 2.38. The van der Waals surface area contributed by atoms with Gasteiger partial charge >= 0.3 is 0 Å². The van der Waals surface area contributed by atoms with Crippen molar-refractivity contribution in [2.75, 3.05) is 6.61 Å². The summed E-state index contributed by atoms with van der Waals surface area (Å²) in [5, 5.41) is 1.36. The van der Waals surface area contributed by atoms with Gasteiger partial charge in [0.1, 0.15) is 11.1 Å². The van der Waals surface area contributed by atoms with Crippen LogP contribution in [0.2, 0.25) is 0 Å². The first-order valence-electron chi connectivity index (χ1n) is 5.94. The SMILES string of the molecule is CCOc1ccc2ccccc2c1C(Cl)C(C)=O. The molecule has 0 amide bonds. The van der Waals surface area contributed by atoms with E-state index in [2.05, 4.69) is 0 Å². The van der Waals surface area contributed by atoms with Crippen LogP contribution in [0.3, 0.4) is 0 Å². The van der Waals surface area contributed by atoms with Crippen LogP contribution in [-0.2, 0) is 4.79 Å². The fourth-order valence-corrected chi connectivity index (χ4v) is 2.25. The van der Waals surface area contributed by atoms with Gasteiger partial charge in [-0.1, -0.05) is 30.3 Å². The predicted molar refractivity (Wildman–Crippen MR) is 74.4 cm³/mol. The van der Waals surface area contributed by atoms with Gasteiger partial charge < -0.3 is 4.74 Å². The average molecular weight is 263 g/mol. The molecule has 1 atom stereocenters. The molecule has 1 unspecified atom stereocenters. The highest BCUT2D eigenvalue weighted by Gasteiger charge is 2.20. The van der Waals surface area contributed by atoms with Crippen LogP contribution >= 0.6 is 11.6 Å². The molecule has 0 aromatic heterocycles. The van der Waals surface area contributed by atoms with E-state index < -0.39 is 5.38 Å². The molecule has 18 heavy (non-hydrogen) atoms. The summed E-state index contributed by atoms with van der Waals surface area (Å²) in [5.41, 5.74) is 0.768. The van der Waals surface area contributed by atoms with Gasteiger partial charge in [0.2, 0.25) is 0 Å². The number of carbonyl (C=O) groups excluding carboxylic acids is 1. The number of halogens is 1. The van der Waals surface area contributed by atoms with Crippen molar-refractivity contribution in [3.05, 3.63) is 42.0 Å². The Kier molecular flexibility index (Phi) is 3.87. The molecule has 0 saturated heterocycles. The highest BCUT2D eigenvalue weighted by atomic mass is 35.5. The lowest BCUT2D eigenvalue weighted by Gasteiger charge is -2.16.